The van der Waals surface area contributed by atoms with Gasteiger partial charge in [-0.2, -0.15) is 9.40 Å². The van der Waals surface area contributed by atoms with Gasteiger partial charge in [-0.3, -0.25) is 4.68 Å². The summed E-state index contributed by atoms with van der Waals surface area (Å²) < 4.78 is 40.1. The molecule has 21 heavy (non-hydrogen) atoms. The van der Waals surface area contributed by atoms with Gasteiger partial charge in [0.2, 0.25) is 10.0 Å². The van der Waals surface area contributed by atoms with Crippen molar-refractivity contribution in [1.29, 1.82) is 0 Å². The summed E-state index contributed by atoms with van der Waals surface area (Å²) in [4.78, 5) is 0.328. The molecule has 7 nitrogen and oxygen atoms in total. The number of hydrogen-bond acceptors (Lipinski definition) is 5. The topological polar surface area (TPSA) is 73.7 Å². The fraction of sp³-hybridized carbons (Fsp3) is 0.769. The summed E-state index contributed by atoms with van der Waals surface area (Å²) in [7, 11) is -1.75. The predicted octanol–water partition coefficient (Wildman–Crippen LogP) is 0.565. The fourth-order valence-electron chi connectivity index (χ4n) is 3.11. The highest BCUT2D eigenvalue weighted by atomic mass is 32.2. The third-order valence-electron chi connectivity index (χ3n) is 4.34. The molecule has 0 unspecified atom stereocenters. The van der Waals surface area contributed by atoms with E-state index in [0.717, 1.165) is 0 Å². The van der Waals surface area contributed by atoms with Crippen molar-refractivity contribution in [2.75, 3.05) is 26.3 Å². The highest BCUT2D eigenvalue weighted by Crippen LogP contribution is 2.34. The molecule has 3 rings (SSSR count). The highest BCUT2D eigenvalue weighted by molar-refractivity contribution is 7.89. The quantitative estimate of drug-likeness (QED) is 0.797. The van der Waals surface area contributed by atoms with Crippen molar-refractivity contribution in [3.8, 4) is 0 Å². The van der Waals surface area contributed by atoms with E-state index >= 15 is 0 Å². The molecule has 0 saturated carbocycles. The summed E-state index contributed by atoms with van der Waals surface area (Å²) in [6, 6.07) is 0. The van der Waals surface area contributed by atoms with E-state index in [1.165, 1.54) is 4.31 Å². The minimum absolute atomic E-state index is 0.328. The number of aryl methyl sites for hydroxylation is 2. The molecule has 0 amide bonds. The number of piperidine rings is 1. The maximum Gasteiger partial charge on any atom is 0.246 e. The zero-order chi connectivity index (χ0) is 15.3. The maximum atomic E-state index is 12.8. The molecule has 2 aliphatic heterocycles. The summed E-state index contributed by atoms with van der Waals surface area (Å²) in [6.07, 6.45) is 1.15. The van der Waals surface area contributed by atoms with Gasteiger partial charge in [-0.05, 0) is 13.8 Å². The SMILES string of the molecule is Cc1nn(C)c(C)c1S(=O)(=O)N1CCC2(CC1)OCCO2. The molecule has 118 valence electrons. The van der Waals surface area contributed by atoms with Crippen LogP contribution in [-0.2, 0) is 26.5 Å². The van der Waals surface area contributed by atoms with Crippen molar-refractivity contribution in [2.45, 2.75) is 37.4 Å². The first-order chi connectivity index (χ1) is 9.86. The second-order valence-corrected chi connectivity index (χ2v) is 7.51. The predicted molar refractivity (Wildman–Crippen MR) is 75.3 cm³/mol. The van der Waals surface area contributed by atoms with E-state index in [1.807, 2.05) is 0 Å². The van der Waals surface area contributed by atoms with Gasteiger partial charge < -0.3 is 9.47 Å². The third-order valence-corrected chi connectivity index (χ3v) is 6.49. The van der Waals surface area contributed by atoms with E-state index in [4.69, 9.17) is 9.47 Å². The van der Waals surface area contributed by atoms with Crippen LogP contribution in [0.2, 0.25) is 0 Å². The Morgan fingerprint density at radius 1 is 1.14 bits per heavy atom. The first-order valence-electron chi connectivity index (χ1n) is 7.14. The third kappa shape index (κ3) is 2.40. The van der Waals surface area contributed by atoms with Gasteiger partial charge in [-0.1, -0.05) is 0 Å². The molecule has 0 aromatic carbocycles. The molecule has 0 N–H and O–H groups in total. The Morgan fingerprint density at radius 3 is 2.19 bits per heavy atom. The van der Waals surface area contributed by atoms with Gasteiger partial charge in [-0.15, -0.1) is 0 Å². The Hall–Kier alpha value is -0.960. The molecule has 0 aliphatic carbocycles. The minimum Gasteiger partial charge on any atom is -0.347 e. The van der Waals surface area contributed by atoms with Crippen LogP contribution in [0, 0.1) is 13.8 Å². The number of aromatic nitrogens is 2. The van der Waals surface area contributed by atoms with Crippen LogP contribution in [0.4, 0.5) is 0 Å². The van der Waals surface area contributed by atoms with Crippen LogP contribution in [0.15, 0.2) is 4.90 Å². The van der Waals surface area contributed by atoms with Crippen molar-refractivity contribution < 1.29 is 17.9 Å². The van der Waals surface area contributed by atoms with E-state index in [1.54, 1.807) is 25.6 Å². The molecule has 0 radical (unpaired) electrons. The van der Waals surface area contributed by atoms with Crippen LogP contribution in [0.3, 0.4) is 0 Å². The van der Waals surface area contributed by atoms with Gasteiger partial charge in [0.15, 0.2) is 5.79 Å². The van der Waals surface area contributed by atoms with E-state index in [9.17, 15) is 8.42 Å². The maximum absolute atomic E-state index is 12.8. The Labute approximate surface area is 124 Å². The normalized spacial score (nSPS) is 23.0. The molecule has 3 heterocycles. The molecule has 2 aliphatic rings. The zero-order valence-electron chi connectivity index (χ0n) is 12.6. The van der Waals surface area contributed by atoms with E-state index in [0.29, 0.717) is 55.4 Å². The lowest BCUT2D eigenvalue weighted by Crippen LogP contribution is -2.47. The van der Waals surface area contributed by atoms with Crippen LogP contribution in [-0.4, -0.2) is 54.6 Å². The van der Waals surface area contributed by atoms with E-state index in [2.05, 4.69) is 5.10 Å². The molecule has 2 fully saturated rings. The zero-order valence-corrected chi connectivity index (χ0v) is 13.4. The molecule has 2 saturated heterocycles. The van der Waals surface area contributed by atoms with E-state index in [-0.39, 0.29) is 0 Å². The number of sulfonamides is 1. The molecule has 0 bridgehead atoms. The lowest BCUT2D eigenvalue weighted by molar-refractivity contribution is -0.179. The molecular formula is C13H21N3O4S. The number of rotatable bonds is 2. The fourth-order valence-corrected chi connectivity index (χ4v) is 4.95. The highest BCUT2D eigenvalue weighted by Gasteiger charge is 2.43. The Balaban J connectivity index is 1.83. The smallest absolute Gasteiger partial charge is 0.246 e. The van der Waals surface area contributed by atoms with Crippen LogP contribution in [0.1, 0.15) is 24.2 Å². The molecule has 0 atom stereocenters. The van der Waals surface area contributed by atoms with Crippen molar-refractivity contribution in [1.82, 2.24) is 14.1 Å². The van der Waals surface area contributed by atoms with Crippen LogP contribution >= 0.6 is 0 Å². The lowest BCUT2D eigenvalue weighted by Gasteiger charge is -2.36. The van der Waals surface area contributed by atoms with Crippen LogP contribution in [0.25, 0.3) is 0 Å². The van der Waals surface area contributed by atoms with Crippen LogP contribution < -0.4 is 0 Å². The molecule has 1 aromatic rings. The van der Waals surface area contributed by atoms with Gasteiger partial charge in [0.25, 0.3) is 0 Å². The summed E-state index contributed by atoms with van der Waals surface area (Å²) in [5.41, 5.74) is 1.21. The average molecular weight is 315 g/mol. The second-order valence-electron chi connectivity index (χ2n) is 5.64. The summed E-state index contributed by atoms with van der Waals surface area (Å²) in [5, 5.41) is 4.20. The van der Waals surface area contributed by atoms with Gasteiger partial charge in [0, 0.05) is 33.0 Å². The summed E-state index contributed by atoms with van der Waals surface area (Å²) in [5.74, 6) is -0.564. The molecule has 1 aromatic heterocycles. The standard InChI is InChI=1S/C13H21N3O4S/c1-10-12(11(2)15(3)14-10)21(17,18)16-6-4-13(5-7-16)19-8-9-20-13/h4-9H2,1-3H3. The summed E-state index contributed by atoms with van der Waals surface area (Å²) in [6.45, 7) is 5.52. The molecule has 1 spiro atoms. The Morgan fingerprint density at radius 2 is 1.71 bits per heavy atom. The lowest BCUT2D eigenvalue weighted by atomic mass is 10.1. The van der Waals surface area contributed by atoms with Crippen molar-refractivity contribution in [3.05, 3.63) is 11.4 Å². The first kappa shape index (κ1) is 15.0. The minimum atomic E-state index is -3.51. The number of nitrogens with zero attached hydrogens (tertiary/aromatic N) is 3. The van der Waals surface area contributed by atoms with Crippen molar-refractivity contribution in [2.24, 2.45) is 7.05 Å². The first-order valence-corrected chi connectivity index (χ1v) is 8.58. The monoisotopic (exact) mass is 315 g/mol. The second kappa shape index (κ2) is 5.05. The van der Waals surface area contributed by atoms with Crippen molar-refractivity contribution >= 4 is 10.0 Å². The van der Waals surface area contributed by atoms with Crippen LogP contribution in [0.5, 0.6) is 0 Å². The van der Waals surface area contributed by atoms with Gasteiger partial charge in [0.1, 0.15) is 4.90 Å². The molecule has 8 heteroatoms. The number of hydrogen-bond donors (Lipinski definition) is 0. The van der Waals surface area contributed by atoms with E-state index < -0.39 is 15.8 Å². The van der Waals surface area contributed by atoms with Crippen molar-refractivity contribution in [3.63, 3.8) is 0 Å². The largest absolute Gasteiger partial charge is 0.347 e. The van der Waals surface area contributed by atoms with Gasteiger partial charge >= 0.3 is 0 Å². The molecular weight excluding hydrogens is 294 g/mol. The summed E-state index contributed by atoms with van der Waals surface area (Å²) >= 11 is 0. The number of ether oxygens (including phenoxy) is 2. The average Bonchev–Trinajstić information content (AvgIpc) is 2.96. The Kier molecular flexibility index (Phi) is 3.59. The Bertz CT molecular complexity index is 637. The van der Waals surface area contributed by atoms with Gasteiger partial charge in [0.05, 0.1) is 24.6 Å². The van der Waals surface area contributed by atoms with Gasteiger partial charge in [-0.25, -0.2) is 8.42 Å².